The second-order valence-electron chi connectivity index (χ2n) is 7.00. The van der Waals surface area contributed by atoms with Gasteiger partial charge in [-0.05, 0) is 54.8 Å². The molecule has 2 aromatic rings. The molecular weight excluding hydrogens is 364 g/mol. The molecule has 0 heterocycles. The number of likely N-dealkylation sites (N-methyl/N-ethyl adjacent to an activating group) is 1. The van der Waals surface area contributed by atoms with Gasteiger partial charge in [0.2, 0.25) is 5.91 Å². The molecule has 142 valence electrons. The Morgan fingerprint density at radius 1 is 1.15 bits per heavy atom. The third-order valence-corrected chi connectivity index (χ3v) is 5.23. The van der Waals surface area contributed by atoms with Crippen molar-refractivity contribution in [3.63, 3.8) is 0 Å². The molecule has 5 nitrogen and oxygen atoms in total. The number of hydrogen-bond donors (Lipinski definition) is 1. The highest BCUT2D eigenvalue weighted by molar-refractivity contribution is 6.30. The summed E-state index contributed by atoms with van der Waals surface area (Å²) in [6, 6.07) is 14.6. The van der Waals surface area contributed by atoms with Crippen LogP contribution in [0, 0.1) is 0 Å². The van der Waals surface area contributed by atoms with E-state index in [2.05, 4.69) is 5.32 Å². The lowest BCUT2D eigenvalue weighted by Crippen LogP contribution is -2.46. The maximum atomic E-state index is 13.0. The van der Waals surface area contributed by atoms with Crippen LogP contribution >= 0.6 is 11.6 Å². The number of halogens is 1. The number of ether oxygens (including phenoxy) is 1. The summed E-state index contributed by atoms with van der Waals surface area (Å²) in [7, 11) is 3.36. The zero-order valence-corrected chi connectivity index (χ0v) is 16.3. The maximum Gasteiger partial charge on any atom is 0.259 e. The van der Waals surface area contributed by atoms with Crippen LogP contribution < -0.4 is 10.1 Å². The average Bonchev–Trinajstić information content (AvgIpc) is 2.60. The lowest BCUT2D eigenvalue weighted by molar-refractivity contribution is -0.130. The molecule has 27 heavy (non-hydrogen) atoms. The van der Waals surface area contributed by atoms with E-state index in [1.54, 1.807) is 38.4 Å². The summed E-state index contributed by atoms with van der Waals surface area (Å²) < 4.78 is 5.45. The molecule has 0 atom stereocenters. The van der Waals surface area contributed by atoms with E-state index in [4.69, 9.17) is 16.3 Å². The van der Waals surface area contributed by atoms with E-state index in [0.29, 0.717) is 16.5 Å². The predicted octanol–water partition coefficient (Wildman–Crippen LogP) is 3.87. The molecule has 1 fully saturated rings. The number of rotatable bonds is 6. The minimum atomic E-state index is -0.516. The normalized spacial score (nSPS) is 14.8. The lowest BCUT2D eigenvalue weighted by Gasteiger charge is -2.40. The predicted molar refractivity (Wildman–Crippen MR) is 106 cm³/mol. The van der Waals surface area contributed by atoms with Crippen LogP contribution in [-0.4, -0.2) is 37.4 Å². The molecule has 0 aliphatic heterocycles. The van der Waals surface area contributed by atoms with E-state index in [-0.39, 0.29) is 18.4 Å². The largest absolute Gasteiger partial charge is 0.484 e. The number of amides is 2. The molecule has 2 amide bonds. The standard InChI is InChI=1S/C21H23ClN2O3/c1-24(2)19(25)14-27-18-9-7-17(8-10-18)23-20(26)21(11-4-12-21)15-5-3-6-16(22)13-15/h3,5-10,13H,4,11-12,14H2,1-2H3,(H,23,26). The zero-order valence-electron chi connectivity index (χ0n) is 15.5. The van der Waals surface area contributed by atoms with E-state index in [1.807, 2.05) is 24.3 Å². The van der Waals surface area contributed by atoms with Crippen molar-refractivity contribution in [1.82, 2.24) is 4.90 Å². The Hall–Kier alpha value is -2.53. The van der Waals surface area contributed by atoms with Crippen LogP contribution in [0.2, 0.25) is 5.02 Å². The highest BCUT2D eigenvalue weighted by atomic mass is 35.5. The highest BCUT2D eigenvalue weighted by Gasteiger charge is 2.45. The summed E-state index contributed by atoms with van der Waals surface area (Å²) in [5.74, 6) is 0.449. The monoisotopic (exact) mass is 386 g/mol. The van der Waals surface area contributed by atoms with Gasteiger partial charge < -0.3 is 15.0 Å². The van der Waals surface area contributed by atoms with Crippen LogP contribution in [0.4, 0.5) is 5.69 Å². The lowest BCUT2D eigenvalue weighted by atomic mass is 9.64. The second kappa shape index (κ2) is 8.01. The molecule has 1 saturated carbocycles. The molecule has 0 bridgehead atoms. The molecule has 1 N–H and O–H groups in total. The van der Waals surface area contributed by atoms with Crippen LogP contribution in [0.15, 0.2) is 48.5 Å². The van der Waals surface area contributed by atoms with Crippen molar-refractivity contribution in [3.05, 3.63) is 59.1 Å². The van der Waals surface area contributed by atoms with Gasteiger partial charge in [0.25, 0.3) is 5.91 Å². The average molecular weight is 387 g/mol. The molecule has 0 unspecified atom stereocenters. The first kappa shape index (κ1) is 19.2. The third-order valence-electron chi connectivity index (χ3n) is 4.99. The van der Waals surface area contributed by atoms with Crippen LogP contribution in [0.25, 0.3) is 0 Å². The van der Waals surface area contributed by atoms with E-state index >= 15 is 0 Å². The van der Waals surface area contributed by atoms with Gasteiger partial charge in [-0.2, -0.15) is 0 Å². The fraction of sp³-hybridized carbons (Fsp3) is 0.333. The molecule has 1 aliphatic carbocycles. The minimum absolute atomic E-state index is 0.0173. The number of carbonyl (C=O) groups excluding carboxylic acids is 2. The zero-order chi connectivity index (χ0) is 19.4. The SMILES string of the molecule is CN(C)C(=O)COc1ccc(NC(=O)C2(c3cccc(Cl)c3)CCC2)cc1. The van der Waals surface area contributed by atoms with Crippen LogP contribution in [-0.2, 0) is 15.0 Å². The van der Waals surface area contributed by atoms with Gasteiger partial charge >= 0.3 is 0 Å². The molecule has 3 rings (SSSR count). The third kappa shape index (κ3) is 4.25. The fourth-order valence-corrected chi connectivity index (χ4v) is 3.31. The first-order chi connectivity index (χ1) is 12.9. The van der Waals surface area contributed by atoms with Crippen molar-refractivity contribution in [3.8, 4) is 5.75 Å². The molecule has 0 spiro atoms. The number of hydrogen-bond acceptors (Lipinski definition) is 3. The van der Waals surface area contributed by atoms with Gasteiger partial charge in [0.15, 0.2) is 6.61 Å². The van der Waals surface area contributed by atoms with E-state index in [0.717, 1.165) is 24.8 Å². The van der Waals surface area contributed by atoms with E-state index in [9.17, 15) is 9.59 Å². The first-order valence-corrected chi connectivity index (χ1v) is 9.29. The Kier molecular flexibility index (Phi) is 5.71. The summed E-state index contributed by atoms with van der Waals surface area (Å²) in [5, 5.41) is 3.64. The number of nitrogens with zero attached hydrogens (tertiary/aromatic N) is 1. The number of nitrogens with one attached hydrogen (secondary N) is 1. The van der Waals surface area contributed by atoms with Gasteiger partial charge in [-0.1, -0.05) is 30.2 Å². The Labute approximate surface area is 164 Å². The summed E-state index contributed by atoms with van der Waals surface area (Å²) in [6.45, 7) is -0.0173. The molecule has 0 aromatic heterocycles. The summed E-state index contributed by atoms with van der Waals surface area (Å²) >= 11 is 6.11. The number of anilines is 1. The van der Waals surface area contributed by atoms with Crippen LogP contribution in [0.1, 0.15) is 24.8 Å². The van der Waals surface area contributed by atoms with E-state index in [1.165, 1.54) is 4.90 Å². The van der Waals surface area contributed by atoms with Crippen molar-refractivity contribution in [2.75, 3.05) is 26.0 Å². The van der Waals surface area contributed by atoms with Gasteiger partial charge in [-0.15, -0.1) is 0 Å². The maximum absolute atomic E-state index is 13.0. The number of carbonyl (C=O) groups is 2. The molecule has 6 heteroatoms. The fourth-order valence-electron chi connectivity index (χ4n) is 3.12. The van der Waals surface area contributed by atoms with Crippen molar-refractivity contribution in [2.45, 2.75) is 24.7 Å². The van der Waals surface area contributed by atoms with E-state index < -0.39 is 5.41 Å². The van der Waals surface area contributed by atoms with Gasteiger partial charge in [0.05, 0.1) is 5.41 Å². The summed E-state index contributed by atoms with van der Waals surface area (Å²) in [4.78, 5) is 26.0. The second-order valence-corrected chi connectivity index (χ2v) is 7.44. The van der Waals surface area contributed by atoms with Crippen LogP contribution in [0.5, 0.6) is 5.75 Å². The molecule has 0 saturated heterocycles. The summed E-state index contributed by atoms with van der Waals surface area (Å²) in [5.41, 5.74) is 1.14. The Bertz CT molecular complexity index is 830. The quantitative estimate of drug-likeness (QED) is 0.819. The van der Waals surface area contributed by atoms with Gasteiger partial charge in [0, 0.05) is 24.8 Å². The van der Waals surface area contributed by atoms with Crippen molar-refractivity contribution in [2.24, 2.45) is 0 Å². The van der Waals surface area contributed by atoms with Gasteiger partial charge in [-0.3, -0.25) is 9.59 Å². The van der Waals surface area contributed by atoms with Gasteiger partial charge in [0.1, 0.15) is 5.75 Å². The Morgan fingerprint density at radius 3 is 2.41 bits per heavy atom. The van der Waals surface area contributed by atoms with Crippen molar-refractivity contribution in [1.29, 1.82) is 0 Å². The van der Waals surface area contributed by atoms with Crippen molar-refractivity contribution >= 4 is 29.1 Å². The Morgan fingerprint density at radius 2 is 1.85 bits per heavy atom. The molecular formula is C21H23ClN2O3. The number of benzene rings is 2. The molecule has 1 aliphatic rings. The minimum Gasteiger partial charge on any atom is -0.484 e. The Balaban J connectivity index is 1.66. The van der Waals surface area contributed by atoms with Crippen molar-refractivity contribution < 1.29 is 14.3 Å². The molecule has 0 radical (unpaired) electrons. The molecule has 2 aromatic carbocycles. The topological polar surface area (TPSA) is 58.6 Å². The highest BCUT2D eigenvalue weighted by Crippen LogP contribution is 2.45. The van der Waals surface area contributed by atoms with Gasteiger partial charge in [-0.25, -0.2) is 0 Å². The van der Waals surface area contributed by atoms with Crippen LogP contribution in [0.3, 0.4) is 0 Å². The smallest absolute Gasteiger partial charge is 0.259 e. The summed E-state index contributed by atoms with van der Waals surface area (Å²) in [6.07, 6.45) is 2.65. The first-order valence-electron chi connectivity index (χ1n) is 8.91.